The molecule has 1 N–H and O–H groups in total. The molecule has 1 aromatic carbocycles. The lowest BCUT2D eigenvalue weighted by Crippen LogP contribution is -2.44. The van der Waals surface area contributed by atoms with Gasteiger partial charge in [-0.1, -0.05) is 0 Å². The largest absolute Gasteiger partial charge is 0.417 e. The molecule has 1 saturated carbocycles. The monoisotopic (exact) mass is 478 g/mol. The molecule has 2 heterocycles. The van der Waals surface area contributed by atoms with Crippen molar-refractivity contribution in [3.8, 4) is 6.07 Å². The fourth-order valence-electron chi connectivity index (χ4n) is 5.07. The number of carbonyl (C=O) groups is 2. The van der Waals surface area contributed by atoms with Gasteiger partial charge in [-0.25, -0.2) is 0 Å². The van der Waals surface area contributed by atoms with Gasteiger partial charge in [0, 0.05) is 38.5 Å². The highest BCUT2D eigenvalue weighted by Gasteiger charge is 2.49. The number of nitrogens with zero attached hydrogens (tertiary/aromatic N) is 3. The molecular weight excluding hydrogens is 449 g/mol. The van der Waals surface area contributed by atoms with E-state index in [1.807, 2.05) is 0 Å². The van der Waals surface area contributed by atoms with Crippen molar-refractivity contribution < 1.29 is 27.5 Å². The summed E-state index contributed by atoms with van der Waals surface area (Å²) in [5.74, 6) is -0.146. The minimum atomic E-state index is -4.67. The number of ether oxygens (including phenoxy) is 1. The van der Waals surface area contributed by atoms with E-state index in [4.69, 9.17) is 10.00 Å². The van der Waals surface area contributed by atoms with Crippen LogP contribution in [0, 0.1) is 16.7 Å². The van der Waals surface area contributed by atoms with Gasteiger partial charge in [0.2, 0.25) is 11.8 Å². The van der Waals surface area contributed by atoms with E-state index in [0.717, 1.165) is 18.9 Å². The maximum absolute atomic E-state index is 13.6. The van der Waals surface area contributed by atoms with Crippen molar-refractivity contribution in [1.82, 2.24) is 10.2 Å². The lowest BCUT2D eigenvalue weighted by Gasteiger charge is -2.39. The Morgan fingerprint density at radius 1 is 1.26 bits per heavy atom. The SMILES string of the molecule is COCCC(=O)N1CCC2(CC1)CC(C(=O)NC1CC1)N(c1ccc(C#N)c(C(F)(F)F)c1)C2. The van der Waals surface area contributed by atoms with Crippen molar-refractivity contribution in [3.63, 3.8) is 0 Å². The Hall–Kier alpha value is -2.80. The first-order valence-electron chi connectivity index (χ1n) is 11.6. The van der Waals surface area contributed by atoms with Gasteiger partial charge in [0.15, 0.2) is 0 Å². The van der Waals surface area contributed by atoms with Crippen LogP contribution in [0.5, 0.6) is 0 Å². The van der Waals surface area contributed by atoms with Gasteiger partial charge < -0.3 is 19.9 Å². The van der Waals surface area contributed by atoms with Crippen molar-refractivity contribution in [3.05, 3.63) is 29.3 Å². The number of rotatable bonds is 6. The van der Waals surface area contributed by atoms with Gasteiger partial charge in [-0.3, -0.25) is 9.59 Å². The summed E-state index contributed by atoms with van der Waals surface area (Å²) >= 11 is 0. The van der Waals surface area contributed by atoms with E-state index in [2.05, 4.69) is 5.32 Å². The second kappa shape index (κ2) is 9.45. The quantitative estimate of drug-likeness (QED) is 0.679. The molecule has 10 heteroatoms. The maximum Gasteiger partial charge on any atom is 0.417 e. The number of likely N-dealkylation sites (tertiary alicyclic amines) is 1. The number of nitriles is 1. The molecule has 2 amide bonds. The zero-order valence-corrected chi connectivity index (χ0v) is 19.2. The minimum Gasteiger partial charge on any atom is -0.384 e. The van der Waals surface area contributed by atoms with Gasteiger partial charge in [-0.15, -0.1) is 0 Å². The molecule has 0 aromatic heterocycles. The van der Waals surface area contributed by atoms with Gasteiger partial charge in [0.25, 0.3) is 0 Å². The normalized spacial score (nSPS) is 22.0. The first-order chi connectivity index (χ1) is 16.2. The molecular formula is C24H29F3N4O3. The topological polar surface area (TPSA) is 85.7 Å². The van der Waals surface area contributed by atoms with E-state index in [1.165, 1.54) is 12.1 Å². The molecule has 3 aliphatic rings. The third-order valence-electron chi connectivity index (χ3n) is 7.19. The molecule has 34 heavy (non-hydrogen) atoms. The summed E-state index contributed by atoms with van der Waals surface area (Å²) in [6.07, 6.45) is -0.650. The highest BCUT2D eigenvalue weighted by molar-refractivity contribution is 5.87. The number of hydrogen-bond donors (Lipinski definition) is 1. The standard InChI is InChI=1S/C24H29F3N4O3/c1-34-11-6-21(32)30-9-7-23(8-10-30)13-20(22(33)29-17-3-4-17)31(15-23)18-5-2-16(14-28)19(12-18)24(25,26)27/h2,5,12,17,20H,3-4,6-11,13,15H2,1H3,(H,29,33). The second-order valence-corrected chi connectivity index (χ2v) is 9.59. The molecule has 1 aliphatic carbocycles. The maximum atomic E-state index is 13.6. The van der Waals surface area contributed by atoms with Crippen LogP contribution in [-0.4, -0.2) is 62.1 Å². The van der Waals surface area contributed by atoms with E-state index in [0.29, 0.717) is 51.9 Å². The third-order valence-corrected chi connectivity index (χ3v) is 7.19. The summed E-state index contributed by atoms with van der Waals surface area (Å²) in [5.41, 5.74) is -1.41. The summed E-state index contributed by atoms with van der Waals surface area (Å²) < 4.78 is 45.8. The van der Waals surface area contributed by atoms with Crippen molar-refractivity contribution in [2.75, 3.05) is 38.3 Å². The van der Waals surface area contributed by atoms with Gasteiger partial charge in [-0.05, 0) is 55.7 Å². The van der Waals surface area contributed by atoms with E-state index in [1.54, 1.807) is 23.0 Å². The Labute approximate surface area is 196 Å². The van der Waals surface area contributed by atoms with Crippen LogP contribution < -0.4 is 10.2 Å². The summed E-state index contributed by atoms with van der Waals surface area (Å²) in [6.45, 7) is 1.89. The number of piperidine rings is 1. The second-order valence-electron chi connectivity index (χ2n) is 9.59. The fraction of sp³-hybridized carbons (Fsp3) is 0.625. The van der Waals surface area contributed by atoms with Crippen LogP contribution in [-0.2, 0) is 20.5 Å². The predicted molar refractivity (Wildman–Crippen MR) is 118 cm³/mol. The summed E-state index contributed by atoms with van der Waals surface area (Å²) in [6, 6.07) is 4.81. The van der Waals surface area contributed by atoms with E-state index < -0.39 is 23.3 Å². The third kappa shape index (κ3) is 5.14. The molecule has 1 unspecified atom stereocenters. The first-order valence-corrected chi connectivity index (χ1v) is 11.6. The smallest absolute Gasteiger partial charge is 0.384 e. The zero-order chi connectivity index (χ0) is 24.5. The summed E-state index contributed by atoms with van der Waals surface area (Å²) in [4.78, 5) is 29.0. The molecule has 184 valence electrons. The lowest BCUT2D eigenvalue weighted by molar-refractivity contribution is -0.137. The Balaban J connectivity index is 1.57. The number of hydrogen-bond acceptors (Lipinski definition) is 5. The van der Waals surface area contributed by atoms with Crippen molar-refractivity contribution in [1.29, 1.82) is 5.26 Å². The van der Waals surface area contributed by atoms with Gasteiger partial charge in [0.1, 0.15) is 6.04 Å². The zero-order valence-electron chi connectivity index (χ0n) is 19.2. The van der Waals surface area contributed by atoms with Crippen LogP contribution in [0.3, 0.4) is 0 Å². The van der Waals surface area contributed by atoms with Crippen LogP contribution in [0.15, 0.2) is 18.2 Å². The van der Waals surface area contributed by atoms with Crippen molar-refractivity contribution >= 4 is 17.5 Å². The number of methoxy groups -OCH3 is 1. The van der Waals surface area contributed by atoms with Gasteiger partial charge in [0.05, 0.1) is 30.2 Å². The highest BCUT2D eigenvalue weighted by Crippen LogP contribution is 2.46. The molecule has 4 rings (SSSR count). The minimum absolute atomic E-state index is 0.0245. The van der Waals surface area contributed by atoms with E-state index in [-0.39, 0.29) is 29.0 Å². The molecule has 3 fully saturated rings. The average Bonchev–Trinajstić information content (AvgIpc) is 3.55. The van der Waals surface area contributed by atoms with Crippen LogP contribution in [0.25, 0.3) is 0 Å². The number of halogens is 3. The Morgan fingerprint density at radius 2 is 1.97 bits per heavy atom. The number of carbonyl (C=O) groups excluding carboxylic acids is 2. The Morgan fingerprint density at radius 3 is 2.56 bits per heavy atom. The molecule has 0 radical (unpaired) electrons. The summed E-state index contributed by atoms with van der Waals surface area (Å²) in [7, 11) is 1.55. The average molecular weight is 479 g/mol. The number of benzene rings is 1. The van der Waals surface area contributed by atoms with Crippen LogP contribution in [0.2, 0.25) is 0 Å². The predicted octanol–water partition coefficient (Wildman–Crippen LogP) is 3.08. The molecule has 1 aromatic rings. The number of amides is 2. The van der Waals surface area contributed by atoms with E-state index in [9.17, 15) is 22.8 Å². The van der Waals surface area contributed by atoms with Gasteiger partial charge >= 0.3 is 6.18 Å². The molecule has 7 nitrogen and oxygen atoms in total. The van der Waals surface area contributed by atoms with E-state index >= 15 is 0 Å². The lowest BCUT2D eigenvalue weighted by atomic mass is 9.76. The number of alkyl halides is 3. The van der Waals surface area contributed by atoms with Crippen molar-refractivity contribution in [2.45, 2.75) is 56.8 Å². The molecule has 1 atom stereocenters. The number of nitrogens with one attached hydrogen (secondary N) is 1. The Bertz CT molecular complexity index is 979. The first kappa shape index (κ1) is 24.3. The Kier molecular flexibility index (Phi) is 6.76. The summed E-state index contributed by atoms with van der Waals surface area (Å²) in [5, 5.41) is 12.1. The highest BCUT2D eigenvalue weighted by atomic mass is 19.4. The van der Waals surface area contributed by atoms with Crippen LogP contribution in [0.1, 0.15) is 49.7 Å². The molecule has 0 bridgehead atoms. The van der Waals surface area contributed by atoms with Gasteiger partial charge in [-0.2, -0.15) is 18.4 Å². The van der Waals surface area contributed by atoms with Crippen LogP contribution >= 0.6 is 0 Å². The van der Waals surface area contributed by atoms with Crippen LogP contribution in [0.4, 0.5) is 18.9 Å². The molecule has 1 spiro atoms. The molecule has 2 aliphatic heterocycles. The number of anilines is 1. The molecule has 2 saturated heterocycles. The fourth-order valence-corrected chi connectivity index (χ4v) is 5.07. The van der Waals surface area contributed by atoms with Crippen molar-refractivity contribution in [2.24, 2.45) is 5.41 Å².